The smallest absolute Gasteiger partial charge is 0.323 e. The highest BCUT2D eigenvalue weighted by molar-refractivity contribution is 6.80. The van der Waals surface area contributed by atoms with Crippen LogP contribution in [0.4, 0.5) is 9.59 Å². The molecular formula is C4H8AlClN4O4. The minimum atomic E-state index is -1.04. The molecule has 1 aliphatic rings. The van der Waals surface area contributed by atoms with Crippen molar-refractivity contribution in [2.45, 2.75) is 6.17 Å². The number of halogens is 1. The van der Waals surface area contributed by atoms with Gasteiger partial charge in [-0.2, -0.15) is 0 Å². The highest BCUT2D eigenvalue weighted by Crippen LogP contribution is 1.86. The fraction of sp³-hybridized carbons (Fsp3) is 0.250. The first-order chi connectivity index (χ1) is 6.09. The maximum absolute atomic E-state index is 10.7. The van der Waals surface area contributed by atoms with Crippen LogP contribution >= 0.6 is 10.0 Å². The van der Waals surface area contributed by atoms with Crippen molar-refractivity contribution >= 4 is 43.4 Å². The normalized spacial score (nSPS) is 17.9. The summed E-state index contributed by atoms with van der Waals surface area (Å²) in [4.78, 5) is 31.3. The highest BCUT2D eigenvalue weighted by atomic mass is 35.6. The molecule has 1 atom stereocenters. The largest absolute Gasteiger partial charge is 0.412 e. The summed E-state index contributed by atoms with van der Waals surface area (Å²) in [5.41, 5.74) is 4.70. The summed E-state index contributed by atoms with van der Waals surface area (Å²) in [6.07, 6.45) is -1.04. The molecule has 1 saturated heterocycles. The number of rotatable bonds is 1. The molecule has 0 bridgehead atoms. The maximum atomic E-state index is 10.7. The Labute approximate surface area is 91.5 Å². The van der Waals surface area contributed by atoms with Crippen LogP contribution < -0.4 is 21.7 Å². The van der Waals surface area contributed by atoms with Crippen LogP contribution in [0.2, 0.25) is 0 Å². The fourth-order valence-electron chi connectivity index (χ4n) is 0.661. The molecule has 0 aromatic heterocycles. The summed E-state index contributed by atoms with van der Waals surface area (Å²) in [5.74, 6) is -0.617. The van der Waals surface area contributed by atoms with Gasteiger partial charge in [0.2, 0.25) is 0 Å². The lowest BCUT2D eigenvalue weighted by molar-refractivity contribution is -0.120. The molecule has 10 heteroatoms. The second kappa shape index (κ2) is 7.40. The molecule has 1 unspecified atom stereocenters. The number of carbonyl (C=O) groups excluding carboxylic acids is 3. The van der Waals surface area contributed by atoms with Gasteiger partial charge in [0.15, 0.2) is 6.17 Å². The van der Waals surface area contributed by atoms with Crippen molar-refractivity contribution in [3.05, 3.63) is 0 Å². The van der Waals surface area contributed by atoms with Gasteiger partial charge in [-0.05, 0) is 0 Å². The van der Waals surface area contributed by atoms with Crippen LogP contribution in [-0.2, 0) is 4.79 Å². The van der Waals surface area contributed by atoms with Gasteiger partial charge in [-0.1, -0.05) is 0 Å². The second-order valence-electron chi connectivity index (χ2n) is 1.90. The molecule has 2 radical (unpaired) electrons. The molecular weight excluding hydrogens is 231 g/mol. The van der Waals surface area contributed by atoms with E-state index in [0.29, 0.717) is 0 Å². The molecule has 0 aliphatic carbocycles. The Morgan fingerprint density at radius 3 is 2.29 bits per heavy atom. The number of hydrogen-bond donors (Lipinski definition) is 4. The number of imide groups is 1. The minimum absolute atomic E-state index is 0. The fourth-order valence-corrected chi connectivity index (χ4v) is 0.661. The Morgan fingerprint density at radius 2 is 2.00 bits per heavy atom. The van der Waals surface area contributed by atoms with Crippen LogP contribution in [-0.4, -0.2) is 45.0 Å². The molecule has 0 saturated carbocycles. The monoisotopic (exact) mass is 238 g/mol. The molecule has 14 heavy (non-hydrogen) atoms. The van der Waals surface area contributed by atoms with Crippen molar-refractivity contribution in [2.75, 3.05) is 0 Å². The lowest BCUT2D eigenvalue weighted by atomic mass is 10.5. The molecule has 78 valence electrons. The number of nitrogens with one attached hydrogen (secondary N) is 3. The van der Waals surface area contributed by atoms with Crippen LogP contribution in [0.15, 0.2) is 0 Å². The summed E-state index contributed by atoms with van der Waals surface area (Å²) >= 11 is 1.89. The van der Waals surface area contributed by atoms with E-state index < -0.39 is 24.1 Å². The molecule has 7 N–H and O–H groups in total. The van der Waals surface area contributed by atoms with Crippen molar-refractivity contribution in [1.82, 2.24) is 16.0 Å². The number of nitrogens with two attached hydrogens (primary N) is 1. The summed E-state index contributed by atoms with van der Waals surface area (Å²) in [6, 6.07) is -1.51. The highest BCUT2D eigenvalue weighted by Gasteiger charge is 2.29. The molecule has 1 heterocycles. The zero-order valence-corrected chi connectivity index (χ0v) is 8.75. The van der Waals surface area contributed by atoms with E-state index in [9.17, 15) is 14.4 Å². The Balaban J connectivity index is 0. The molecule has 8 nitrogen and oxygen atoms in total. The summed E-state index contributed by atoms with van der Waals surface area (Å²) in [5, 5.41) is 6.05. The average molecular weight is 239 g/mol. The van der Waals surface area contributed by atoms with E-state index in [1.807, 2.05) is 26.0 Å². The van der Waals surface area contributed by atoms with E-state index in [4.69, 9.17) is 5.73 Å². The van der Waals surface area contributed by atoms with E-state index >= 15 is 0 Å². The predicted molar refractivity (Wildman–Crippen MR) is 48.4 cm³/mol. The van der Waals surface area contributed by atoms with E-state index in [1.165, 1.54) is 0 Å². The molecule has 0 aromatic rings. The van der Waals surface area contributed by atoms with Crippen LogP contribution in [0.25, 0.3) is 0 Å². The SMILES string of the molecule is NC(=O)NC1NC(=O)NC1=O.O.[Al][Cl]. The third kappa shape index (κ3) is 4.88. The third-order valence-electron chi connectivity index (χ3n) is 1.06. The lowest BCUT2D eigenvalue weighted by Crippen LogP contribution is -2.48. The van der Waals surface area contributed by atoms with Gasteiger partial charge in [0.25, 0.3) is 21.3 Å². The average Bonchev–Trinajstić information content (AvgIpc) is 2.33. The van der Waals surface area contributed by atoms with Crippen LogP contribution in [0.3, 0.4) is 0 Å². The molecule has 1 aliphatic heterocycles. The van der Waals surface area contributed by atoms with E-state index in [1.54, 1.807) is 0 Å². The molecule has 0 aromatic carbocycles. The minimum Gasteiger partial charge on any atom is -0.412 e. The van der Waals surface area contributed by atoms with Crippen molar-refractivity contribution < 1.29 is 19.9 Å². The predicted octanol–water partition coefficient (Wildman–Crippen LogP) is -2.70. The van der Waals surface area contributed by atoms with Gasteiger partial charge in [0.1, 0.15) is 0 Å². The first-order valence-corrected chi connectivity index (χ1v) is 4.73. The zero-order chi connectivity index (χ0) is 10.4. The van der Waals surface area contributed by atoms with E-state index in [2.05, 4.69) is 15.4 Å². The van der Waals surface area contributed by atoms with Crippen LogP contribution in [0, 0.1) is 0 Å². The van der Waals surface area contributed by atoms with Crippen molar-refractivity contribution in [2.24, 2.45) is 5.73 Å². The van der Waals surface area contributed by atoms with Gasteiger partial charge in [-0.25, -0.2) is 9.59 Å². The van der Waals surface area contributed by atoms with Gasteiger partial charge >= 0.3 is 12.1 Å². The zero-order valence-electron chi connectivity index (χ0n) is 6.83. The first-order valence-electron chi connectivity index (χ1n) is 2.99. The second-order valence-corrected chi connectivity index (χ2v) is 1.90. The van der Waals surface area contributed by atoms with Gasteiger partial charge in [-0.3, -0.25) is 20.2 Å². The topological polar surface area (TPSA) is 145 Å². The number of primary amides is 1. The summed E-state index contributed by atoms with van der Waals surface area (Å²) < 4.78 is 0. The van der Waals surface area contributed by atoms with Gasteiger partial charge in [-0.15, -0.1) is 0 Å². The van der Waals surface area contributed by atoms with Crippen LogP contribution in [0.1, 0.15) is 0 Å². The van der Waals surface area contributed by atoms with Crippen molar-refractivity contribution in [1.29, 1.82) is 0 Å². The van der Waals surface area contributed by atoms with E-state index in [-0.39, 0.29) is 5.48 Å². The van der Waals surface area contributed by atoms with Crippen molar-refractivity contribution in [3.8, 4) is 0 Å². The van der Waals surface area contributed by atoms with Gasteiger partial charge in [0, 0.05) is 0 Å². The Kier molecular flexibility index (Phi) is 8.18. The molecule has 1 rings (SSSR count). The van der Waals surface area contributed by atoms with Crippen molar-refractivity contribution in [3.63, 3.8) is 0 Å². The first kappa shape index (κ1) is 15.5. The number of amides is 5. The number of urea groups is 2. The number of hydrogen-bond acceptors (Lipinski definition) is 3. The molecule has 0 spiro atoms. The maximum Gasteiger partial charge on any atom is 0.323 e. The standard InChI is InChI=1S/C4H6N4O3.Al.ClH.H2O/c5-3(10)6-1-2(9)8-4(11)7-1;;;/h1H,(H3,5,6,10)(H2,7,8,9,11);;1H;1H2/q;+1;;/p-1. The Morgan fingerprint density at radius 1 is 1.50 bits per heavy atom. The number of carbonyl (C=O) groups is 3. The van der Waals surface area contributed by atoms with Gasteiger partial charge in [0.05, 0.1) is 0 Å². The molecule has 5 amide bonds. The van der Waals surface area contributed by atoms with Crippen LogP contribution in [0.5, 0.6) is 0 Å². The third-order valence-corrected chi connectivity index (χ3v) is 1.06. The van der Waals surface area contributed by atoms with E-state index in [0.717, 1.165) is 0 Å². The Bertz CT molecular complexity index is 237. The lowest BCUT2D eigenvalue weighted by Gasteiger charge is -2.05. The summed E-state index contributed by atoms with van der Waals surface area (Å²) in [6.45, 7) is 0. The van der Waals surface area contributed by atoms with Gasteiger partial charge < -0.3 is 21.8 Å². The Hall–Kier alpha value is -1.01. The quantitative estimate of drug-likeness (QED) is 0.291. The molecule has 1 fully saturated rings. The summed E-state index contributed by atoms with van der Waals surface area (Å²) in [7, 11) is 4.56.